The SMILES string of the molecule is c1ccc(-c2ccc(-c3nc(-c4ccccc4)nc(-c4ccc(-c5cccc6nc(-c7ccccc7)c7c8ccccc8sc7c56)cc4)n3)cc2)cc1. The summed E-state index contributed by atoms with van der Waals surface area (Å²) in [4.78, 5) is 20.3. The standard InChI is InChI=1S/C48H30N4S/c1-4-13-31(14-5-1)32-23-27-36(28-24-32)47-50-46(35-17-8-3-9-18-35)51-48(52-47)37-29-25-33(26-30-37)38-20-12-21-40-42(38)45-43(39-19-10-11-22-41(39)53-45)44(49-40)34-15-6-2-7-16-34/h1-30H. The van der Waals surface area contributed by atoms with Crippen molar-refractivity contribution < 1.29 is 0 Å². The van der Waals surface area contributed by atoms with Crippen molar-refractivity contribution in [2.24, 2.45) is 0 Å². The molecule has 0 aliphatic heterocycles. The number of thiophene rings is 1. The first-order valence-electron chi connectivity index (χ1n) is 17.6. The smallest absolute Gasteiger partial charge is 0.164 e. The first-order valence-corrected chi connectivity index (χ1v) is 18.5. The third-order valence-corrected chi connectivity index (χ3v) is 10.9. The van der Waals surface area contributed by atoms with E-state index >= 15 is 0 Å². The van der Waals surface area contributed by atoms with Gasteiger partial charge in [-0.05, 0) is 34.4 Å². The van der Waals surface area contributed by atoms with Crippen LogP contribution in [0.2, 0.25) is 0 Å². The van der Waals surface area contributed by atoms with Crippen LogP contribution in [0.15, 0.2) is 182 Å². The minimum absolute atomic E-state index is 0.631. The maximum absolute atomic E-state index is 5.33. The molecule has 10 rings (SSSR count). The molecule has 3 heterocycles. The first-order chi connectivity index (χ1) is 26.3. The number of fused-ring (bicyclic) bond motifs is 5. The van der Waals surface area contributed by atoms with E-state index in [0.717, 1.165) is 50.2 Å². The largest absolute Gasteiger partial charge is 0.247 e. The Labute approximate surface area is 310 Å². The summed E-state index contributed by atoms with van der Waals surface area (Å²) in [5.41, 5.74) is 10.5. The molecule has 0 spiro atoms. The van der Waals surface area contributed by atoms with Crippen LogP contribution in [0, 0.1) is 0 Å². The van der Waals surface area contributed by atoms with E-state index in [0.29, 0.717) is 17.5 Å². The van der Waals surface area contributed by atoms with E-state index in [4.69, 9.17) is 19.9 Å². The van der Waals surface area contributed by atoms with Crippen LogP contribution < -0.4 is 0 Å². The molecule has 0 radical (unpaired) electrons. The van der Waals surface area contributed by atoms with Gasteiger partial charge < -0.3 is 0 Å². The summed E-state index contributed by atoms with van der Waals surface area (Å²) in [6, 6.07) is 63.2. The van der Waals surface area contributed by atoms with E-state index in [2.05, 4.69) is 146 Å². The van der Waals surface area contributed by atoms with Crippen LogP contribution in [-0.2, 0) is 0 Å². The Morgan fingerprint density at radius 2 is 0.792 bits per heavy atom. The molecule has 0 saturated heterocycles. The van der Waals surface area contributed by atoms with Gasteiger partial charge in [0, 0.05) is 47.8 Å². The lowest BCUT2D eigenvalue weighted by atomic mass is 9.96. The van der Waals surface area contributed by atoms with E-state index < -0.39 is 0 Å². The molecule has 0 aliphatic carbocycles. The first kappa shape index (κ1) is 31.0. The van der Waals surface area contributed by atoms with Crippen molar-refractivity contribution in [2.75, 3.05) is 0 Å². The average Bonchev–Trinajstić information content (AvgIpc) is 3.64. The molecule has 5 heteroatoms. The van der Waals surface area contributed by atoms with Crippen LogP contribution in [0.1, 0.15) is 0 Å². The molecule has 4 nitrogen and oxygen atoms in total. The minimum Gasteiger partial charge on any atom is -0.247 e. The molecule has 248 valence electrons. The molecule has 0 bridgehead atoms. The highest BCUT2D eigenvalue weighted by Crippen LogP contribution is 2.45. The van der Waals surface area contributed by atoms with E-state index in [1.165, 1.54) is 31.1 Å². The predicted molar refractivity (Wildman–Crippen MR) is 221 cm³/mol. The van der Waals surface area contributed by atoms with E-state index in [9.17, 15) is 0 Å². The van der Waals surface area contributed by atoms with Gasteiger partial charge in [0.15, 0.2) is 17.5 Å². The monoisotopic (exact) mass is 694 g/mol. The summed E-state index contributed by atoms with van der Waals surface area (Å²) in [7, 11) is 0. The molecule has 10 aromatic rings. The van der Waals surface area contributed by atoms with Gasteiger partial charge in [0.25, 0.3) is 0 Å². The van der Waals surface area contributed by atoms with Gasteiger partial charge in [0.2, 0.25) is 0 Å². The number of benzene rings is 7. The maximum Gasteiger partial charge on any atom is 0.164 e. The molecule has 0 atom stereocenters. The number of pyridine rings is 1. The van der Waals surface area contributed by atoms with Crippen LogP contribution in [0.3, 0.4) is 0 Å². The van der Waals surface area contributed by atoms with Gasteiger partial charge in [0.1, 0.15) is 0 Å². The highest BCUT2D eigenvalue weighted by Gasteiger charge is 2.19. The Balaban J connectivity index is 1.09. The van der Waals surface area contributed by atoms with Crippen molar-refractivity contribution in [1.82, 2.24) is 19.9 Å². The highest BCUT2D eigenvalue weighted by molar-refractivity contribution is 7.26. The fraction of sp³-hybridized carbons (Fsp3) is 0. The van der Waals surface area contributed by atoms with Gasteiger partial charge in [0.05, 0.1) is 11.2 Å². The second kappa shape index (κ2) is 13.1. The van der Waals surface area contributed by atoms with Crippen LogP contribution >= 0.6 is 11.3 Å². The van der Waals surface area contributed by atoms with Crippen LogP contribution in [0.5, 0.6) is 0 Å². The molecule has 0 N–H and O–H groups in total. The molecule has 7 aromatic carbocycles. The quantitative estimate of drug-likeness (QED) is 0.174. The zero-order valence-electron chi connectivity index (χ0n) is 28.5. The zero-order valence-corrected chi connectivity index (χ0v) is 29.3. The maximum atomic E-state index is 5.33. The van der Waals surface area contributed by atoms with Gasteiger partial charge in [-0.3, -0.25) is 0 Å². The molecule has 53 heavy (non-hydrogen) atoms. The molecule has 0 saturated carbocycles. The molecule has 0 amide bonds. The van der Waals surface area contributed by atoms with Crippen molar-refractivity contribution in [1.29, 1.82) is 0 Å². The summed E-state index contributed by atoms with van der Waals surface area (Å²) < 4.78 is 2.51. The van der Waals surface area contributed by atoms with Crippen LogP contribution in [-0.4, -0.2) is 19.9 Å². The minimum atomic E-state index is 0.631. The second-order valence-electron chi connectivity index (χ2n) is 13.0. The molecule has 0 fully saturated rings. The predicted octanol–water partition coefficient (Wildman–Crippen LogP) is 12.8. The fourth-order valence-electron chi connectivity index (χ4n) is 7.14. The highest BCUT2D eigenvalue weighted by atomic mass is 32.1. The Bertz CT molecular complexity index is 2900. The third-order valence-electron chi connectivity index (χ3n) is 9.75. The van der Waals surface area contributed by atoms with Crippen molar-refractivity contribution >= 4 is 42.4 Å². The lowest BCUT2D eigenvalue weighted by Gasteiger charge is -2.12. The Kier molecular flexibility index (Phi) is 7.63. The van der Waals surface area contributed by atoms with Crippen molar-refractivity contribution in [2.45, 2.75) is 0 Å². The van der Waals surface area contributed by atoms with E-state index in [1.807, 2.05) is 47.7 Å². The lowest BCUT2D eigenvalue weighted by Crippen LogP contribution is -2.00. The van der Waals surface area contributed by atoms with Crippen molar-refractivity contribution in [3.05, 3.63) is 182 Å². The van der Waals surface area contributed by atoms with Gasteiger partial charge in [-0.2, -0.15) is 0 Å². The number of hydrogen-bond donors (Lipinski definition) is 0. The normalized spacial score (nSPS) is 11.4. The summed E-state index contributed by atoms with van der Waals surface area (Å²) in [6.45, 7) is 0. The van der Waals surface area contributed by atoms with Crippen molar-refractivity contribution in [3.63, 3.8) is 0 Å². The van der Waals surface area contributed by atoms with Gasteiger partial charge in [-0.1, -0.05) is 170 Å². The lowest BCUT2D eigenvalue weighted by molar-refractivity contribution is 1.07. The Morgan fingerprint density at radius 3 is 1.42 bits per heavy atom. The van der Waals surface area contributed by atoms with E-state index in [-0.39, 0.29) is 0 Å². The molecule has 0 unspecified atom stereocenters. The Hall–Kier alpha value is -6.82. The third kappa shape index (κ3) is 5.64. The number of rotatable bonds is 6. The molecule has 0 aliphatic rings. The zero-order chi connectivity index (χ0) is 35.1. The second-order valence-corrected chi connectivity index (χ2v) is 14.1. The number of nitrogens with zero attached hydrogens (tertiary/aromatic N) is 4. The molecular weight excluding hydrogens is 665 g/mol. The fourth-order valence-corrected chi connectivity index (χ4v) is 8.41. The average molecular weight is 695 g/mol. The van der Waals surface area contributed by atoms with Crippen LogP contribution in [0.25, 0.3) is 98.7 Å². The Morgan fingerprint density at radius 1 is 0.321 bits per heavy atom. The molecular formula is C48H30N4S. The summed E-state index contributed by atoms with van der Waals surface area (Å²) >= 11 is 1.84. The number of hydrogen-bond acceptors (Lipinski definition) is 5. The van der Waals surface area contributed by atoms with Crippen molar-refractivity contribution in [3.8, 4) is 67.7 Å². The van der Waals surface area contributed by atoms with E-state index in [1.54, 1.807) is 0 Å². The number of aromatic nitrogens is 4. The molecule has 3 aromatic heterocycles. The summed E-state index contributed by atoms with van der Waals surface area (Å²) in [5.74, 6) is 1.91. The van der Waals surface area contributed by atoms with Gasteiger partial charge >= 0.3 is 0 Å². The summed E-state index contributed by atoms with van der Waals surface area (Å²) in [6.07, 6.45) is 0. The van der Waals surface area contributed by atoms with Crippen LogP contribution in [0.4, 0.5) is 0 Å². The van der Waals surface area contributed by atoms with Gasteiger partial charge in [-0.25, -0.2) is 19.9 Å². The van der Waals surface area contributed by atoms with Gasteiger partial charge in [-0.15, -0.1) is 11.3 Å². The summed E-state index contributed by atoms with van der Waals surface area (Å²) in [5, 5.41) is 3.61. The topological polar surface area (TPSA) is 51.6 Å².